The molecule has 0 spiro atoms. The Morgan fingerprint density at radius 3 is 2.66 bits per heavy atom. The Labute approximate surface area is 207 Å². The SMILES string of the molecule is COc1cc(/C=C2\CCCN3C2=NOC3(CO)c2ccc(F)cc2)ccc1-c1cnc(SC)nc1. The second-order valence-electron chi connectivity index (χ2n) is 8.30. The molecule has 1 atom stereocenters. The maximum atomic E-state index is 13.5. The molecule has 0 saturated carbocycles. The van der Waals surface area contributed by atoms with Crippen LogP contribution in [0.3, 0.4) is 0 Å². The molecule has 9 heteroatoms. The second kappa shape index (κ2) is 9.67. The number of aliphatic hydroxyl groups excluding tert-OH is 1. The number of ether oxygens (including phenoxy) is 1. The lowest BCUT2D eigenvalue weighted by Crippen LogP contribution is -2.51. The first-order valence-electron chi connectivity index (χ1n) is 11.2. The maximum Gasteiger partial charge on any atom is 0.260 e. The van der Waals surface area contributed by atoms with Gasteiger partial charge in [0.25, 0.3) is 5.72 Å². The predicted molar refractivity (Wildman–Crippen MR) is 133 cm³/mol. The van der Waals surface area contributed by atoms with Crippen LogP contribution in [0.2, 0.25) is 0 Å². The molecular weight excluding hydrogens is 467 g/mol. The van der Waals surface area contributed by atoms with Gasteiger partial charge >= 0.3 is 0 Å². The summed E-state index contributed by atoms with van der Waals surface area (Å²) in [6.45, 7) is 0.362. The van der Waals surface area contributed by atoms with Crippen LogP contribution >= 0.6 is 11.8 Å². The highest BCUT2D eigenvalue weighted by atomic mass is 32.2. The number of nitrogens with zero attached hydrogens (tertiary/aromatic N) is 4. The predicted octanol–water partition coefficient (Wildman–Crippen LogP) is 4.68. The number of hydrogen-bond donors (Lipinski definition) is 1. The minimum absolute atomic E-state index is 0.307. The van der Waals surface area contributed by atoms with Gasteiger partial charge in [0.05, 0.1) is 7.11 Å². The smallest absolute Gasteiger partial charge is 0.260 e. The quantitative estimate of drug-likeness (QED) is 0.395. The first-order chi connectivity index (χ1) is 17.1. The third-order valence-corrected chi connectivity index (χ3v) is 6.86. The molecule has 0 aliphatic carbocycles. The number of halogens is 1. The van der Waals surface area contributed by atoms with Crippen LogP contribution in [-0.2, 0) is 10.6 Å². The minimum atomic E-state index is -1.16. The number of thioether (sulfide) groups is 1. The van der Waals surface area contributed by atoms with Crippen LogP contribution in [0.5, 0.6) is 5.75 Å². The van der Waals surface area contributed by atoms with Gasteiger partial charge < -0.3 is 19.6 Å². The van der Waals surface area contributed by atoms with Crippen molar-refractivity contribution in [1.29, 1.82) is 0 Å². The summed E-state index contributed by atoms with van der Waals surface area (Å²) in [5.41, 5.74) is 3.23. The highest BCUT2D eigenvalue weighted by Crippen LogP contribution is 2.40. The summed E-state index contributed by atoms with van der Waals surface area (Å²) in [5, 5.41) is 15.4. The lowest BCUT2D eigenvalue weighted by molar-refractivity contribution is -0.137. The van der Waals surface area contributed by atoms with Gasteiger partial charge in [0.2, 0.25) is 0 Å². The number of benzene rings is 2. The van der Waals surface area contributed by atoms with Crippen molar-refractivity contribution < 1.29 is 19.1 Å². The van der Waals surface area contributed by atoms with Crippen LogP contribution in [0.25, 0.3) is 17.2 Å². The van der Waals surface area contributed by atoms with E-state index >= 15 is 0 Å². The molecular formula is C26H25FN4O3S. The second-order valence-corrected chi connectivity index (χ2v) is 9.07. The van der Waals surface area contributed by atoms with Crippen molar-refractivity contribution in [1.82, 2.24) is 14.9 Å². The van der Waals surface area contributed by atoms with E-state index < -0.39 is 5.72 Å². The van der Waals surface area contributed by atoms with Gasteiger partial charge in [-0.05, 0) is 72.7 Å². The van der Waals surface area contributed by atoms with Crippen LogP contribution in [0.1, 0.15) is 24.0 Å². The van der Waals surface area contributed by atoms with E-state index in [-0.39, 0.29) is 12.4 Å². The molecule has 180 valence electrons. The van der Waals surface area contributed by atoms with E-state index in [0.29, 0.717) is 23.7 Å². The van der Waals surface area contributed by atoms with Crippen LogP contribution in [0, 0.1) is 5.82 Å². The zero-order valence-electron chi connectivity index (χ0n) is 19.4. The highest BCUT2D eigenvalue weighted by Gasteiger charge is 2.49. The minimum Gasteiger partial charge on any atom is -0.496 e. The molecule has 3 heterocycles. The van der Waals surface area contributed by atoms with Gasteiger partial charge in [-0.2, -0.15) is 0 Å². The van der Waals surface area contributed by atoms with E-state index in [1.165, 1.54) is 23.9 Å². The summed E-state index contributed by atoms with van der Waals surface area (Å²) >= 11 is 1.49. The van der Waals surface area contributed by atoms with Crippen molar-refractivity contribution >= 4 is 23.7 Å². The standard InChI is InChI=1S/C26H25FN4O3S/c1-33-23-13-17(5-10-22(23)19-14-28-25(35-2)29-15-19)12-18-4-3-11-31-24(18)30-34-26(31,16-32)20-6-8-21(27)9-7-20/h5-10,12-15,32H,3-4,11,16H2,1-2H3/b18-12+. The molecule has 35 heavy (non-hydrogen) atoms. The molecule has 2 aliphatic heterocycles. The molecule has 7 nitrogen and oxygen atoms in total. The number of piperidine rings is 1. The van der Waals surface area contributed by atoms with Gasteiger partial charge in [-0.25, -0.2) is 14.4 Å². The molecule has 1 saturated heterocycles. The van der Waals surface area contributed by atoms with Gasteiger partial charge in [-0.3, -0.25) is 0 Å². The lowest BCUT2D eigenvalue weighted by atomic mass is 9.94. The molecule has 0 amide bonds. The fourth-order valence-corrected chi connectivity index (χ4v) is 4.82. The summed E-state index contributed by atoms with van der Waals surface area (Å²) in [5.74, 6) is 1.05. The van der Waals surface area contributed by atoms with E-state index in [4.69, 9.17) is 9.57 Å². The van der Waals surface area contributed by atoms with Crippen LogP contribution < -0.4 is 4.74 Å². The Balaban J connectivity index is 1.45. The average Bonchev–Trinajstić information content (AvgIpc) is 3.30. The normalized spacial score (nSPS) is 20.4. The fourth-order valence-electron chi connectivity index (χ4n) is 4.51. The van der Waals surface area contributed by atoms with Gasteiger partial charge in [-0.15, -0.1) is 0 Å². The number of aromatic nitrogens is 2. The molecule has 1 unspecified atom stereocenters. The van der Waals surface area contributed by atoms with Crippen molar-refractivity contribution in [3.8, 4) is 16.9 Å². The molecule has 2 aliphatic rings. The third-order valence-electron chi connectivity index (χ3n) is 6.29. The Kier molecular flexibility index (Phi) is 6.44. The number of fused-ring (bicyclic) bond motifs is 1. The first-order valence-corrected chi connectivity index (χ1v) is 12.5. The van der Waals surface area contributed by atoms with Crippen LogP contribution in [0.4, 0.5) is 4.39 Å². The van der Waals surface area contributed by atoms with Gasteiger partial charge in [0.15, 0.2) is 11.0 Å². The molecule has 0 radical (unpaired) electrons. The largest absolute Gasteiger partial charge is 0.496 e. The van der Waals surface area contributed by atoms with Crippen molar-refractivity contribution in [3.63, 3.8) is 0 Å². The van der Waals surface area contributed by atoms with Gasteiger partial charge in [0.1, 0.15) is 18.2 Å². The Hall–Kier alpha value is -3.43. The zero-order chi connectivity index (χ0) is 24.4. The van der Waals surface area contributed by atoms with E-state index in [1.54, 1.807) is 31.6 Å². The van der Waals surface area contributed by atoms with Gasteiger partial charge in [-0.1, -0.05) is 23.0 Å². The number of rotatable bonds is 6. The van der Waals surface area contributed by atoms with E-state index in [0.717, 1.165) is 40.3 Å². The number of hydrogen-bond acceptors (Lipinski definition) is 8. The fraction of sp³-hybridized carbons (Fsp3) is 0.269. The Morgan fingerprint density at radius 1 is 1.20 bits per heavy atom. The number of amidine groups is 1. The Bertz CT molecular complexity index is 1280. The summed E-state index contributed by atoms with van der Waals surface area (Å²) < 4.78 is 19.2. The maximum absolute atomic E-state index is 13.5. The van der Waals surface area contributed by atoms with Crippen molar-refractivity contribution in [2.75, 3.05) is 26.5 Å². The zero-order valence-corrected chi connectivity index (χ0v) is 20.3. The monoisotopic (exact) mass is 492 g/mol. The summed E-state index contributed by atoms with van der Waals surface area (Å²) in [7, 11) is 1.64. The van der Waals surface area contributed by atoms with Gasteiger partial charge in [0, 0.05) is 35.6 Å². The molecule has 3 aromatic rings. The third kappa shape index (κ3) is 4.26. The number of aliphatic hydroxyl groups is 1. The van der Waals surface area contributed by atoms with Crippen molar-refractivity contribution in [2.24, 2.45) is 5.16 Å². The number of oxime groups is 1. The molecule has 1 N–H and O–H groups in total. The average molecular weight is 493 g/mol. The first kappa shape index (κ1) is 23.3. The molecule has 0 bridgehead atoms. The van der Waals surface area contributed by atoms with Crippen LogP contribution in [0.15, 0.2) is 70.7 Å². The molecule has 2 aromatic carbocycles. The molecule has 1 aromatic heterocycles. The van der Waals surface area contributed by atoms with Crippen molar-refractivity contribution in [2.45, 2.75) is 23.7 Å². The summed E-state index contributed by atoms with van der Waals surface area (Å²) in [4.78, 5) is 16.5. The van der Waals surface area contributed by atoms with Crippen LogP contribution in [-0.4, -0.2) is 52.3 Å². The summed E-state index contributed by atoms with van der Waals surface area (Å²) in [6, 6.07) is 12.0. The van der Waals surface area contributed by atoms with Crippen molar-refractivity contribution in [3.05, 3.63) is 77.4 Å². The Morgan fingerprint density at radius 2 is 1.97 bits per heavy atom. The topological polar surface area (TPSA) is 80.1 Å². The van der Waals surface area contributed by atoms with E-state index in [2.05, 4.69) is 21.2 Å². The van der Waals surface area contributed by atoms with E-state index in [9.17, 15) is 9.50 Å². The van der Waals surface area contributed by atoms with E-state index in [1.807, 2.05) is 29.4 Å². The number of methoxy groups -OCH3 is 1. The molecule has 1 fully saturated rings. The lowest BCUT2D eigenvalue weighted by Gasteiger charge is -2.38. The highest BCUT2D eigenvalue weighted by molar-refractivity contribution is 7.98. The summed E-state index contributed by atoms with van der Waals surface area (Å²) in [6.07, 6.45) is 9.27. The molecule has 5 rings (SSSR count).